The van der Waals surface area contributed by atoms with Gasteiger partial charge in [0.15, 0.2) is 0 Å². The second-order valence-corrected chi connectivity index (χ2v) is 6.97. The lowest BCUT2D eigenvalue weighted by atomic mass is 10.1. The molecule has 3 N–H and O–H groups in total. The van der Waals surface area contributed by atoms with Crippen molar-refractivity contribution < 1.29 is 24.8 Å². The lowest BCUT2D eigenvalue weighted by Crippen LogP contribution is -2.42. The van der Waals surface area contributed by atoms with Gasteiger partial charge in [0, 0.05) is 6.61 Å². The van der Waals surface area contributed by atoms with Crippen LogP contribution in [0.5, 0.6) is 0 Å². The molecule has 0 unspecified atom stereocenters. The molecule has 148 valence electrons. The zero-order chi connectivity index (χ0) is 18.3. The summed E-state index contributed by atoms with van der Waals surface area (Å²) in [4.78, 5) is 0. The molecular weight excluding hydrogens is 320 g/mol. The lowest BCUT2D eigenvalue weighted by molar-refractivity contribution is -0.101. The summed E-state index contributed by atoms with van der Waals surface area (Å²) >= 11 is 0. The summed E-state index contributed by atoms with van der Waals surface area (Å²) in [6.45, 7) is 2.66. The first-order chi connectivity index (χ1) is 12.2. The summed E-state index contributed by atoms with van der Waals surface area (Å²) in [7, 11) is 0. The summed E-state index contributed by atoms with van der Waals surface area (Å²) in [5.41, 5.74) is 0. The molecule has 25 heavy (non-hydrogen) atoms. The fourth-order valence-corrected chi connectivity index (χ4v) is 3.08. The van der Waals surface area contributed by atoms with Gasteiger partial charge < -0.3 is 24.8 Å². The van der Waals surface area contributed by atoms with Crippen LogP contribution in [0.4, 0.5) is 0 Å². The van der Waals surface area contributed by atoms with Gasteiger partial charge in [-0.1, -0.05) is 51.2 Å². The van der Waals surface area contributed by atoms with Gasteiger partial charge in [0.05, 0.1) is 13.2 Å². The molecule has 0 aromatic carbocycles. The van der Waals surface area contributed by atoms with E-state index in [0.717, 1.165) is 19.3 Å². The normalized spacial score (nSPS) is 25.0. The average molecular weight is 359 g/mol. The maximum atomic E-state index is 9.79. The van der Waals surface area contributed by atoms with Crippen LogP contribution in [-0.2, 0) is 9.47 Å². The fraction of sp³-hybridized carbons (Fsp3) is 0.900. The zero-order valence-electron chi connectivity index (χ0n) is 15.8. The van der Waals surface area contributed by atoms with Crippen molar-refractivity contribution in [2.75, 3.05) is 19.8 Å². The van der Waals surface area contributed by atoms with Crippen molar-refractivity contribution in [1.82, 2.24) is 0 Å². The van der Waals surface area contributed by atoms with E-state index >= 15 is 0 Å². The summed E-state index contributed by atoms with van der Waals surface area (Å²) in [6.07, 6.45) is 13.6. The molecule has 0 aromatic heterocycles. The van der Waals surface area contributed by atoms with Gasteiger partial charge in [-0.25, -0.2) is 0 Å². The molecule has 1 aliphatic heterocycles. The van der Waals surface area contributed by atoms with Crippen molar-refractivity contribution in [3.05, 3.63) is 12.2 Å². The van der Waals surface area contributed by atoms with Gasteiger partial charge >= 0.3 is 0 Å². The number of aliphatic hydroxyl groups is 3. The van der Waals surface area contributed by atoms with Crippen LogP contribution in [-0.4, -0.2) is 59.6 Å². The van der Waals surface area contributed by atoms with Crippen LogP contribution in [0.3, 0.4) is 0 Å². The van der Waals surface area contributed by atoms with Gasteiger partial charge in [-0.15, -0.1) is 0 Å². The minimum absolute atomic E-state index is 0.0951. The van der Waals surface area contributed by atoms with Crippen LogP contribution in [0.2, 0.25) is 0 Å². The van der Waals surface area contributed by atoms with Crippen LogP contribution < -0.4 is 0 Å². The lowest BCUT2D eigenvalue weighted by Gasteiger charge is -2.24. The molecule has 0 saturated carbocycles. The maximum Gasteiger partial charge on any atom is 0.114 e. The first kappa shape index (κ1) is 22.6. The minimum atomic E-state index is -0.981. The molecule has 1 fully saturated rings. The van der Waals surface area contributed by atoms with Crippen molar-refractivity contribution in [3.8, 4) is 0 Å². The average Bonchev–Trinajstić information content (AvgIpc) is 2.95. The number of hydrogen-bond donors (Lipinski definition) is 3. The second-order valence-electron chi connectivity index (χ2n) is 6.97. The second kappa shape index (κ2) is 14.7. The van der Waals surface area contributed by atoms with Crippen LogP contribution in [0.25, 0.3) is 0 Å². The highest BCUT2D eigenvalue weighted by Gasteiger charge is 2.40. The molecule has 1 rings (SSSR count). The molecule has 0 bridgehead atoms. The van der Waals surface area contributed by atoms with Gasteiger partial charge in [0.2, 0.25) is 0 Å². The highest BCUT2D eigenvalue weighted by molar-refractivity contribution is 4.88. The third-order valence-corrected chi connectivity index (χ3v) is 4.72. The number of ether oxygens (including phenoxy) is 2. The smallest absolute Gasteiger partial charge is 0.114 e. The van der Waals surface area contributed by atoms with E-state index in [4.69, 9.17) is 9.47 Å². The van der Waals surface area contributed by atoms with Crippen molar-refractivity contribution in [3.63, 3.8) is 0 Å². The first-order valence-corrected chi connectivity index (χ1v) is 10.1. The standard InChI is InChI=1S/C20H38O5/c1-2-3-4-5-6-7-8-9-10-11-12-13-14-24-18(15-21)20-19(23)17(22)16-25-20/h7-8,17-23H,2-6,9-16H2,1H3/b8-7+/t17-,18+,19+,20+/m1/s1. The molecule has 1 saturated heterocycles. The summed E-state index contributed by atoms with van der Waals surface area (Å²) in [5.74, 6) is 0. The van der Waals surface area contributed by atoms with E-state index in [0.29, 0.717) is 6.61 Å². The van der Waals surface area contributed by atoms with Gasteiger partial charge in [0.25, 0.3) is 0 Å². The molecule has 0 aliphatic carbocycles. The van der Waals surface area contributed by atoms with E-state index in [1.807, 2.05) is 0 Å². The third kappa shape index (κ3) is 9.71. The van der Waals surface area contributed by atoms with Gasteiger partial charge in [-0.05, 0) is 32.1 Å². The number of aliphatic hydroxyl groups excluding tert-OH is 3. The Hall–Kier alpha value is -0.460. The summed E-state index contributed by atoms with van der Waals surface area (Å²) < 4.78 is 10.9. The molecule has 0 aromatic rings. The number of rotatable bonds is 15. The van der Waals surface area contributed by atoms with E-state index in [2.05, 4.69) is 19.1 Å². The summed E-state index contributed by atoms with van der Waals surface area (Å²) in [5, 5.41) is 28.6. The molecule has 0 spiro atoms. The zero-order valence-corrected chi connectivity index (χ0v) is 15.8. The van der Waals surface area contributed by atoms with E-state index in [1.165, 1.54) is 44.9 Å². The van der Waals surface area contributed by atoms with Crippen LogP contribution in [0.1, 0.15) is 71.1 Å². The molecule has 0 radical (unpaired) electrons. The third-order valence-electron chi connectivity index (χ3n) is 4.72. The topological polar surface area (TPSA) is 79.2 Å². The van der Waals surface area contributed by atoms with Crippen LogP contribution >= 0.6 is 0 Å². The predicted molar refractivity (Wildman–Crippen MR) is 99.6 cm³/mol. The highest BCUT2D eigenvalue weighted by Crippen LogP contribution is 2.19. The molecule has 5 nitrogen and oxygen atoms in total. The van der Waals surface area contributed by atoms with Gasteiger partial charge in [-0.2, -0.15) is 0 Å². The van der Waals surface area contributed by atoms with Crippen molar-refractivity contribution in [2.24, 2.45) is 0 Å². The van der Waals surface area contributed by atoms with E-state index in [-0.39, 0.29) is 13.2 Å². The van der Waals surface area contributed by atoms with Crippen molar-refractivity contribution in [2.45, 2.75) is 95.5 Å². The molecule has 5 heteroatoms. The first-order valence-electron chi connectivity index (χ1n) is 10.1. The monoisotopic (exact) mass is 358 g/mol. The van der Waals surface area contributed by atoms with Crippen LogP contribution in [0.15, 0.2) is 12.2 Å². The van der Waals surface area contributed by atoms with E-state index in [9.17, 15) is 15.3 Å². The number of hydrogen-bond acceptors (Lipinski definition) is 5. The number of allylic oxidation sites excluding steroid dienone is 2. The van der Waals surface area contributed by atoms with Gasteiger partial charge in [-0.3, -0.25) is 0 Å². The molecule has 1 heterocycles. The predicted octanol–water partition coefficient (Wildman–Crippen LogP) is 2.96. The van der Waals surface area contributed by atoms with E-state index < -0.39 is 24.4 Å². The maximum absolute atomic E-state index is 9.79. The fourth-order valence-electron chi connectivity index (χ4n) is 3.08. The Morgan fingerprint density at radius 1 is 1.00 bits per heavy atom. The molecule has 0 amide bonds. The Bertz CT molecular complexity index is 334. The van der Waals surface area contributed by atoms with E-state index in [1.54, 1.807) is 0 Å². The van der Waals surface area contributed by atoms with Crippen LogP contribution in [0, 0.1) is 0 Å². The SMILES string of the molecule is CCCCCC/C=C/CCCCCCO[C@@H](CO)[C@@H]1OC[C@@H](O)[C@@H]1O. The largest absolute Gasteiger partial charge is 0.394 e. The Kier molecular flexibility index (Phi) is 13.3. The molecule has 4 atom stereocenters. The Balaban J connectivity index is 1.95. The molecular formula is C20H38O5. The minimum Gasteiger partial charge on any atom is -0.394 e. The Labute approximate surface area is 153 Å². The van der Waals surface area contributed by atoms with Crippen molar-refractivity contribution >= 4 is 0 Å². The highest BCUT2D eigenvalue weighted by atomic mass is 16.6. The van der Waals surface area contributed by atoms with Gasteiger partial charge in [0.1, 0.15) is 24.4 Å². The number of unbranched alkanes of at least 4 members (excludes halogenated alkanes) is 8. The molecule has 1 aliphatic rings. The van der Waals surface area contributed by atoms with Crippen molar-refractivity contribution in [1.29, 1.82) is 0 Å². The Morgan fingerprint density at radius 2 is 1.64 bits per heavy atom. The quantitative estimate of drug-likeness (QED) is 0.310. The Morgan fingerprint density at radius 3 is 2.20 bits per heavy atom. The summed E-state index contributed by atoms with van der Waals surface area (Å²) in [6, 6.07) is 0.